The maximum atomic E-state index is 12.1. The van der Waals surface area contributed by atoms with Crippen molar-refractivity contribution in [2.24, 2.45) is 5.41 Å². The molecule has 0 fully saturated rings. The lowest BCUT2D eigenvalue weighted by Gasteiger charge is -2.56. The van der Waals surface area contributed by atoms with Crippen LogP contribution in [0.4, 0.5) is 0 Å². The lowest BCUT2D eigenvalue weighted by atomic mass is 9.57. The van der Waals surface area contributed by atoms with Gasteiger partial charge in [0, 0.05) is 6.42 Å². The van der Waals surface area contributed by atoms with Crippen molar-refractivity contribution in [2.75, 3.05) is 0 Å². The summed E-state index contributed by atoms with van der Waals surface area (Å²) >= 11 is 0. The van der Waals surface area contributed by atoms with E-state index in [1.54, 1.807) is 42.7 Å². The molecule has 0 aromatic heterocycles. The third kappa shape index (κ3) is 5.96. The predicted molar refractivity (Wildman–Crippen MR) is 157 cm³/mol. The molecule has 3 unspecified atom stereocenters. The van der Waals surface area contributed by atoms with Crippen molar-refractivity contribution in [1.29, 1.82) is 0 Å². The topological polar surface area (TPSA) is 68.2 Å². The van der Waals surface area contributed by atoms with Crippen LogP contribution in [0.15, 0.2) is 41.7 Å². The van der Waals surface area contributed by atoms with Crippen LogP contribution in [-0.2, 0) is 14.7 Å². The molecular weight excluding hydrogens is 474 g/mol. The number of ether oxygens (including phenoxy) is 1. The Morgan fingerprint density at radius 1 is 0.842 bits per heavy atom. The quantitative estimate of drug-likeness (QED) is 0.459. The van der Waals surface area contributed by atoms with Gasteiger partial charge in [0.25, 0.3) is 0 Å². The average molecular weight is 522 g/mol. The van der Waals surface area contributed by atoms with Gasteiger partial charge in [-0.3, -0.25) is 0 Å². The molecule has 2 N–H and O–H groups in total. The molecule has 208 valence electrons. The lowest BCUT2D eigenvalue weighted by molar-refractivity contribution is -0.254. The summed E-state index contributed by atoms with van der Waals surface area (Å²) in [5.41, 5.74) is -2.80. The molecule has 38 heavy (non-hydrogen) atoms. The zero-order valence-corrected chi connectivity index (χ0v) is 25.9. The number of hydrogen-bond donors (Lipinski definition) is 2. The van der Waals surface area contributed by atoms with Gasteiger partial charge in [-0.15, -0.1) is 0 Å². The predicted octanol–water partition coefficient (Wildman–Crippen LogP) is 5.77. The second-order valence-electron chi connectivity index (χ2n) is 14.9. The summed E-state index contributed by atoms with van der Waals surface area (Å²) in [7, 11) is 3.42. The van der Waals surface area contributed by atoms with Crippen LogP contribution in [0, 0.1) is 5.41 Å². The Morgan fingerprint density at radius 2 is 1.45 bits per heavy atom. The van der Waals surface area contributed by atoms with E-state index in [2.05, 4.69) is 72.8 Å². The molecule has 2 radical (unpaired) electrons. The molecule has 1 aliphatic carbocycles. The molecule has 1 aromatic carbocycles. The van der Waals surface area contributed by atoms with Crippen LogP contribution < -0.4 is 10.2 Å². The standard InChI is InChI=1S/C31H48B2O5/c1-25(2,3)20-14-22-17-23(15-20)36-24-16-21(26(4,5)6)18-29(11,19-24)33-37-28(9,10)30(12,35)31(13,38-32-22)27(7,8)34/h14-18,34-35H,19H2,1-13H3. The third-order valence-electron chi connectivity index (χ3n) is 8.59. The molecule has 7 heteroatoms. The summed E-state index contributed by atoms with van der Waals surface area (Å²) < 4.78 is 19.4. The Balaban J connectivity index is 2.26. The molecule has 0 amide bonds. The van der Waals surface area contributed by atoms with E-state index in [-0.39, 0.29) is 10.8 Å². The SMILES string of the molecule is CC12[B]OC(C)(C)C(C)(O)C(C)(C(C)(C)O)O[B]c3cc(cc(C(C)(C)C)c3)OC(=CC(C(C)(C)C)=C1)C2. The van der Waals surface area contributed by atoms with Crippen molar-refractivity contribution in [3.05, 3.63) is 47.2 Å². The van der Waals surface area contributed by atoms with E-state index >= 15 is 0 Å². The van der Waals surface area contributed by atoms with Crippen LogP contribution in [0.5, 0.6) is 5.75 Å². The van der Waals surface area contributed by atoms with Gasteiger partial charge in [-0.25, -0.2) is 0 Å². The van der Waals surface area contributed by atoms with Crippen LogP contribution in [-0.4, -0.2) is 47.6 Å². The molecule has 1 heterocycles. The first-order valence-corrected chi connectivity index (χ1v) is 13.7. The molecule has 0 spiro atoms. The molecule has 3 atom stereocenters. The fraction of sp³-hybridized carbons (Fsp3) is 0.677. The third-order valence-corrected chi connectivity index (χ3v) is 8.59. The Kier molecular flexibility index (Phi) is 7.78. The summed E-state index contributed by atoms with van der Waals surface area (Å²) in [6.07, 6.45) is 4.97. The smallest absolute Gasteiger partial charge is 0.331 e. The second-order valence-corrected chi connectivity index (χ2v) is 14.9. The highest BCUT2D eigenvalue weighted by Crippen LogP contribution is 2.48. The summed E-state index contributed by atoms with van der Waals surface area (Å²) in [5.74, 6) is 1.56. The van der Waals surface area contributed by atoms with Gasteiger partial charge in [-0.05, 0) is 92.5 Å². The Bertz CT molecular complexity index is 1110. The normalized spacial score (nSPS) is 30.6. The van der Waals surface area contributed by atoms with Gasteiger partial charge >= 0.3 is 15.0 Å². The monoisotopic (exact) mass is 522 g/mol. The Hall–Kier alpha value is -1.53. The number of aliphatic hydroxyl groups is 2. The summed E-state index contributed by atoms with van der Waals surface area (Å²) in [4.78, 5) is 0. The minimum absolute atomic E-state index is 0.101. The van der Waals surface area contributed by atoms with Gasteiger partial charge in [0.15, 0.2) is 0 Å². The van der Waals surface area contributed by atoms with E-state index < -0.39 is 27.7 Å². The van der Waals surface area contributed by atoms with E-state index in [9.17, 15) is 10.2 Å². The van der Waals surface area contributed by atoms with Crippen LogP contribution in [0.25, 0.3) is 0 Å². The average Bonchev–Trinajstić information content (AvgIpc) is 2.73. The van der Waals surface area contributed by atoms with Crippen LogP contribution in [0.3, 0.4) is 0 Å². The molecule has 0 saturated carbocycles. The van der Waals surface area contributed by atoms with E-state index in [1.807, 2.05) is 19.9 Å². The number of rotatable bonds is 1. The maximum absolute atomic E-state index is 12.1. The number of fused-ring (bicyclic) bond motifs is 4. The van der Waals surface area contributed by atoms with Gasteiger partial charge in [-0.1, -0.05) is 60.6 Å². The van der Waals surface area contributed by atoms with Crippen molar-refractivity contribution in [3.63, 3.8) is 0 Å². The van der Waals surface area contributed by atoms with E-state index in [0.29, 0.717) is 12.2 Å². The summed E-state index contributed by atoms with van der Waals surface area (Å²) in [6, 6.07) is 6.08. The number of benzene rings is 1. The second kappa shape index (κ2) is 9.54. The fourth-order valence-electron chi connectivity index (χ4n) is 4.97. The molecule has 4 bridgehead atoms. The first-order valence-electron chi connectivity index (χ1n) is 13.7. The number of hydrogen-bond acceptors (Lipinski definition) is 5. The van der Waals surface area contributed by atoms with Crippen LogP contribution >= 0.6 is 0 Å². The van der Waals surface area contributed by atoms with Gasteiger partial charge < -0.3 is 24.3 Å². The zero-order chi connectivity index (χ0) is 29.2. The molecule has 5 nitrogen and oxygen atoms in total. The fourth-order valence-corrected chi connectivity index (χ4v) is 4.97. The molecule has 1 aromatic rings. The minimum atomic E-state index is -1.61. The van der Waals surface area contributed by atoms with Crippen molar-refractivity contribution in [3.8, 4) is 5.75 Å². The molecule has 3 rings (SSSR count). The highest BCUT2D eigenvalue weighted by molar-refractivity contribution is 6.47. The van der Waals surface area contributed by atoms with Crippen molar-refractivity contribution < 1.29 is 24.3 Å². The lowest BCUT2D eigenvalue weighted by Crippen LogP contribution is -2.72. The van der Waals surface area contributed by atoms with Crippen molar-refractivity contribution in [1.82, 2.24) is 0 Å². The first kappa shape index (κ1) is 31.0. The molecule has 0 saturated heterocycles. The maximum Gasteiger partial charge on any atom is 0.331 e. The molecule has 1 aliphatic heterocycles. The largest absolute Gasteiger partial charge is 0.462 e. The first-order chi connectivity index (χ1) is 16.9. The Morgan fingerprint density at radius 3 is 1.97 bits per heavy atom. The molecule has 2 aliphatic rings. The van der Waals surface area contributed by atoms with Crippen LogP contribution in [0.1, 0.15) is 102 Å². The van der Waals surface area contributed by atoms with Gasteiger partial charge in [0.05, 0.1) is 11.2 Å². The van der Waals surface area contributed by atoms with Gasteiger partial charge in [0.2, 0.25) is 0 Å². The van der Waals surface area contributed by atoms with Crippen LogP contribution in [0.2, 0.25) is 5.31 Å². The molecular formula is C31H48B2O5. The summed E-state index contributed by atoms with van der Waals surface area (Å²) in [5, 5.41) is 23.0. The minimum Gasteiger partial charge on any atom is -0.462 e. The van der Waals surface area contributed by atoms with Crippen molar-refractivity contribution >= 4 is 20.4 Å². The van der Waals surface area contributed by atoms with E-state index in [4.69, 9.17) is 14.0 Å². The van der Waals surface area contributed by atoms with Gasteiger partial charge in [0.1, 0.15) is 22.7 Å². The Labute approximate surface area is 232 Å². The van der Waals surface area contributed by atoms with E-state index in [1.165, 1.54) is 0 Å². The number of allylic oxidation sites excluding steroid dienone is 4. The van der Waals surface area contributed by atoms with E-state index in [0.717, 1.165) is 22.4 Å². The highest BCUT2D eigenvalue weighted by Gasteiger charge is 2.61. The summed E-state index contributed by atoms with van der Waals surface area (Å²) in [6.45, 7) is 25.5. The highest BCUT2D eigenvalue weighted by atomic mass is 16.5. The van der Waals surface area contributed by atoms with Gasteiger partial charge in [-0.2, -0.15) is 0 Å². The zero-order valence-electron chi connectivity index (χ0n) is 25.9. The van der Waals surface area contributed by atoms with Crippen molar-refractivity contribution in [2.45, 2.75) is 130 Å².